The van der Waals surface area contributed by atoms with Gasteiger partial charge in [-0.2, -0.15) is 0 Å². The first-order chi connectivity index (χ1) is 12.0. The van der Waals surface area contributed by atoms with Crippen LogP contribution in [-0.2, 0) is 15.0 Å². The van der Waals surface area contributed by atoms with Crippen molar-refractivity contribution in [2.75, 3.05) is 26.2 Å². The fourth-order valence-corrected chi connectivity index (χ4v) is 4.67. The van der Waals surface area contributed by atoms with Gasteiger partial charge in [-0.15, -0.1) is 23.7 Å². The molecule has 3 heterocycles. The minimum Gasteiger partial charge on any atom is -0.354 e. The maximum Gasteiger partial charge on any atom is 0.237 e. The maximum atomic E-state index is 13.0. The lowest BCUT2D eigenvalue weighted by atomic mass is 9.87. The Bertz CT molecular complexity index is 600. The Kier molecular flexibility index (Phi) is 7.50. The molecule has 2 aliphatic heterocycles. The van der Waals surface area contributed by atoms with E-state index in [-0.39, 0.29) is 30.3 Å². The molecule has 7 heteroatoms. The molecule has 0 spiro atoms. The van der Waals surface area contributed by atoms with E-state index in [1.54, 1.807) is 11.3 Å². The Morgan fingerprint density at radius 1 is 1.35 bits per heavy atom. The van der Waals surface area contributed by atoms with Crippen molar-refractivity contribution in [2.45, 2.75) is 51.0 Å². The first kappa shape index (κ1) is 21.2. The molecule has 2 saturated heterocycles. The summed E-state index contributed by atoms with van der Waals surface area (Å²) < 4.78 is 0. The Hall–Kier alpha value is -1.11. The van der Waals surface area contributed by atoms with Crippen LogP contribution in [0, 0.1) is 5.92 Å². The molecule has 26 heavy (non-hydrogen) atoms. The molecular weight excluding hydrogens is 370 g/mol. The van der Waals surface area contributed by atoms with Crippen LogP contribution in [0.2, 0.25) is 0 Å². The molecule has 2 amide bonds. The first-order valence-electron chi connectivity index (χ1n) is 9.33. The summed E-state index contributed by atoms with van der Waals surface area (Å²) in [5.41, 5.74) is -0.479. The monoisotopic (exact) mass is 399 g/mol. The second-order valence-corrected chi connectivity index (χ2v) is 8.70. The number of rotatable bonds is 5. The predicted octanol–water partition coefficient (Wildman–Crippen LogP) is 2.55. The SMILES string of the molecule is CC(C)(C(=O)N1CCCC(CNC(=O)C2CCCN2)C1)c1cccs1.Cl. The number of likely N-dealkylation sites (tertiary alicyclic amines) is 1. The normalized spacial score (nSPS) is 23.4. The predicted molar refractivity (Wildman–Crippen MR) is 108 cm³/mol. The molecule has 2 N–H and O–H groups in total. The minimum atomic E-state index is -0.479. The number of nitrogens with zero attached hydrogens (tertiary/aromatic N) is 1. The van der Waals surface area contributed by atoms with E-state index >= 15 is 0 Å². The van der Waals surface area contributed by atoms with Crippen molar-refractivity contribution in [2.24, 2.45) is 5.92 Å². The van der Waals surface area contributed by atoms with Crippen molar-refractivity contribution in [3.8, 4) is 0 Å². The van der Waals surface area contributed by atoms with Gasteiger partial charge in [-0.05, 0) is 63.4 Å². The maximum absolute atomic E-state index is 13.0. The van der Waals surface area contributed by atoms with Crippen molar-refractivity contribution in [3.63, 3.8) is 0 Å². The molecule has 2 fully saturated rings. The van der Waals surface area contributed by atoms with Crippen molar-refractivity contribution in [1.29, 1.82) is 0 Å². The molecule has 0 bridgehead atoms. The largest absolute Gasteiger partial charge is 0.354 e. The summed E-state index contributed by atoms with van der Waals surface area (Å²) in [4.78, 5) is 28.3. The molecule has 5 nitrogen and oxygen atoms in total. The Balaban J connectivity index is 0.00000243. The fraction of sp³-hybridized carbons (Fsp3) is 0.684. The fourth-order valence-electron chi connectivity index (χ4n) is 3.83. The Morgan fingerprint density at radius 2 is 2.15 bits per heavy atom. The van der Waals surface area contributed by atoms with Gasteiger partial charge in [-0.3, -0.25) is 9.59 Å². The minimum absolute atomic E-state index is 0. The van der Waals surface area contributed by atoms with Crippen LogP contribution in [0.1, 0.15) is 44.4 Å². The number of amides is 2. The van der Waals surface area contributed by atoms with Gasteiger partial charge in [0.25, 0.3) is 0 Å². The van der Waals surface area contributed by atoms with Gasteiger partial charge in [0.15, 0.2) is 0 Å². The number of halogens is 1. The van der Waals surface area contributed by atoms with E-state index in [9.17, 15) is 9.59 Å². The van der Waals surface area contributed by atoms with Gasteiger partial charge in [0, 0.05) is 24.5 Å². The van der Waals surface area contributed by atoms with E-state index in [0.717, 1.165) is 50.2 Å². The van der Waals surface area contributed by atoms with E-state index in [1.165, 1.54) is 0 Å². The van der Waals surface area contributed by atoms with E-state index in [4.69, 9.17) is 0 Å². The van der Waals surface area contributed by atoms with Gasteiger partial charge in [0.05, 0.1) is 11.5 Å². The lowest BCUT2D eigenvalue weighted by Gasteiger charge is -2.37. The average molecular weight is 400 g/mol. The Labute approximate surface area is 166 Å². The number of nitrogens with one attached hydrogen (secondary N) is 2. The van der Waals surface area contributed by atoms with E-state index in [0.29, 0.717) is 12.5 Å². The standard InChI is InChI=1S/C19H29N3O2S.ClH/c1-19(2,16-8-5-11-25-16)18(24)22-10-4-6-14(13-22)12-21-17(23)15-7-3-9-20-15;/h5,8,11,14-15,20H,3-4,6-7,9-10,12-13H2,1-2H3,(H,21,23);1H. The van der Waals surface area contributed by atoms with Crippen LogP contribution >= 0.6 is 23.7 Å². The topological polar surface area (TPSA) is 61.4 Å². The van der Waals surface area contributed by atoms with Gasteiger partial charge in [0.1, 0.15) is 0 Å². The number of carbonyl (C=O) groups is 2. The molecule has 146 valence electrons. The smallest absolute Gasteiger partial charge is 0.237 e. The lowest BCUT2D eigenvalue weighted by molar-refractivity contribution is -0.138. The molecule has 0 saturated carbocycles. The number of piperidine rings is 1. The summed E-state index contributed by atoms with van der Waals surface area (Å²) >= 11 is 1.64. The van der Waals surface area contributed by atoms with Crippen molar-refractivity contribution < 1.29 is 9.59 Å². The van der Waals surface area contributed by atoms with Crippen LogP contribution in [0.15, 0.2) is 17.5 Å². The van der Waals surface area contributed by atoms with Crippen LogP contribution in [0.5, 0.6) is 0 Å². The molecule has 0 aliphatic carbocycles. The summed E-state index contributed by atoms with van der Waals surface area (Å²) in [6, 6.07) is 4.01. The zero-order valence-electron chi connectivity index (χ0n) is 15.6. The highest BCUT2D eigenvalue weighted by molar-refractivity contribution is 7.10. The highest BCUT2D eigenvalue weighted by Gasteiger charge is 2.36. The van der Waals surface area contributed by atoms with E-state index < -0.39 is 5.41 Å². The van der Waals surface area contributed by atoms with E-state index in [2.05, 4.69) is 10.6 Å². The number of hydrogen-bond donors (Lipinski definition) is 2. The Morgan fingerprint density at radius 3 is 2.81 bits per heavy atom. The van der Waals surface area contributed by atoms with Gasteiger partial charge in [0.2, 0.25) is 11.8 Å². The lowest BCUT2D eigenvalue weighted by Crippen LogP contribution is -2.50. The summed E-state index contributed by atoms with van der Waals surface area (Å²) in [5, 5.41) is 8.34. The molecule has 2 unspecified atom stereocenters. The zero-order chi connectivity index (χ0) is 17.9. The third kappa shape index (κ3) is 4.78. The van der Waals surface area contributed by atoms with Crippen LogP contribution in [0.25, 0.3) is 0 Å². The van der Waals surface area contributed by atoms with Gasteiger partial charge in [-0.25, -0.2) is 0 Å². The second kappa shape index (κ2) is 9.20. The van der Waals surface area contributed by atoms with Gasteiger partial charge >= 0.3 is 0 Å². The average Bonchev–Trinajstić information content (AvgIpc) is 3.32. The number of carbonyl (C=O) groups excluding carboxylic acids is 2. The summed E-state index contributed by atoms with van der Waals surface area (Å²) in [7, 11) is 0. The summed E-state index contributed by atoms with van der Waals surface area (Å²) in [6.45, 7) is 7.19. The van der Waals surface area contributed by atoms with E-state index in [1.807, 2.05) is 36.3 Å². The molecule has 1 aromatic heterocycles. The van der Waals surface area contributed by atoms with Gasteiger partial charge < -0.3 is 15.5 Å². The van der Waals surface area contributed by atoms with Crippen LogP contribution in [0.4, 0.5) is 0 Å². The summed E-state index contributed by atoms with van der Waals surface area (Å²) in [6.07, 6.45) is 4.08. The summed E-state index contributed by atoms with van der Waals surface area (Å²) in [5.74, 6) is 0.658. The zero-order valence-corrected chi connectivity index (χ0v) is 17.3. The third-order valence-corrected chi connectivity index (χ3v) is 6.61. The molecule has 0 aromatic carbocycles. The molecular formula is C19H30ClN3O2S. The van der Waals surface area contributed by atoms with Crippen molar-refractivity contribution >= 4 is 35.6 Å². The molecule has 3 rings (SSSR count). The highest BCUT2D eigenvalue weighted by atomic mass is 35.5. The molecule has 2 atom stereocenters. The van der Waals surface area contributed by atoms with Gasteiger partial charge in [-0.1, -0.05) is 6.07 Å². The van der Waals surface area contributed by atoms with Crippen molar-refractivity contribution in [1.82, 2.24) is 15.5 Å². The molecule has 2 aliphatic rings. The number of hydrogen-bond acceptors (Lipinski definition) is 4. The number of thiophene rings is 1. The molecule has 0 radical (unpaired) electrons. The van der Waals surface area contributed by atoms with Crippen molar-refractivity contribution in [3.05, 3.63) is 22.4 Å². The first-order valence-corrected chi connectivity index (χ1v) is 10.2. The third-order valence-electron chi connectivity index (χ3n) is 5.42. The van der Waals surface area contributed by atoms with Crippen LogP contribution in [0.3, 0.4) is 0 Å². The van der Waals surface area contributed by atoms with Crippen LogP contribution < -0.4 is 10.6 Å². The van der Waals surface area contributed by atoms with Crippen LogP contribution in [-0.4, -0.2) is 48.9 Å². The molecule has 1 aromatic rings. The quantitative estimate of drug-likeness (QED) is 0.799. The highest BCUT2D eigenvalue weighted by Crippen LogP contribution is 2.31. The second-order valence-electron chi connectivity index (χ2n) is 7.76.